The summed E-state index contributed by atoms with van der Waals surface area (Å²) in [6, 6.07) is 3.01. The molecule has 0 amide bonds. The Balaban J connectivity index is 1.94. The van der Waals surface area contributed by atoms with E-state index >= 15 is 0 Å². The molecule has 2 heterocycles. The molecule has 0 spiro atoms. The highest BCUT2D eigenvalue weighted by Crippen LogP contribution is 2.43. The van der Waals surface area contributed by atoms with Crippen molar-refractivity contribution in [3.8, 4) is 0 Å². The molecule has 1 fully saturated rings. The third-order valence-corrected chi connectivity index (χ3v) is 5.35. The van der Waals surface area contributed by atoms with Crippen LogP contribution >= 0.6 is 11.3 Å². The zero-order valence-corrected chi connectivity index (χ0v) is 13.1. The number of nitrogens with one attached hydrogen (secondary N) is 1. The molecule has 6 nitrogen and oxygen atoms in total. The van der Waals surface area contributed by atoms with E-state index in [1.165, 1.54) is 6.07 Å². The van der Waals surface area contributed by atoms with Gasteiger partial charge in [0.1, 0.15) is 15.7 Å². The van der Waals surface area contributed by atoms with Crippen molar-refractivity contribution in [1.29, 1.82) is 0 Å². The van der Waals surface area contributed by atoms with Gasteiger partial charge in [0.2, 0.25) is 10.0 Å². The summed E-state index contributed by atoms with van der Waals surface area (Å²) >= 11 is 1.58. The zero-order chi connectivity index (χ0) is 15.0. The van der Waals surface area contributed by atoms with Crippen LogP contribution in [-0.2, 0) is 10.0 Å². The Bertz CT molecular complexity index is 753. The first-order chi connectivity index (χ1) is 9.95. The van der Waals surface area contributed by atoms with Gasteiger partial charge in [0.15, 0.2) is 0 Å². The highest BCUT2D eigenvalue weighted by molar-refractivity contribution is 7.89. The molecule has 1 aliphatic carbocycles. The molecule has 0 bridgehead atoms. The monoisotopic (exact) mass is 324 g/mol. The van der Waals surface area contributed by atoms with Crippen molar-refractivity contribution in [3.63, 3.8) is 0 Å². The van der Waals surface area contributed by atoms with E-state index in [0.717, 1.165) is 23.5 Å². The topological polar surface area (TPSA) is 98.0 Å². The lowest BCUT2D eigenvalue weighted by molar-refractivity contribution is 0.596. The fourth-order valence-electron chi connectivity index (χ4n) is 2.20. The molecule has 3 rings (SSSR count). The SMILES string of the molecule is Cc1csc(C(Nc2ncccc2S(N)(=O)=O)C2CC2)n1. The van der Waals surface area contributed by atoms with E-state index in [1.54, 1.807) is 23.6 Å². The van der Waals surface area contributed by atoms with Gasteiger partial charge in [0.05, 0.1) is 6.04 Å². The molecule has 2 aromatic heterocycles. The summed E-state index contributed by atoms with van der Waals surface area (Å²) < 4.78 is 23.3. The van der Waals surface area contributed by atoms with E-state index in [2.05, 4.69) is 15.3 Å². The van der Waals surface area contributed by atoms with E-state index in [9.17, 15) is 8.42 Å². The first-order valence-corrected chi connectivity index (χ1v) is 9.04. The molecule has 112 valence electrons. The first-order valence-electron chi connectivity index (χ1n) is 6.61. The van der Waals surface area contributed by atoms with Crippen LogP contribution in [0, 0.1) is 12.8 Å². The lowest BCUT2D eigenvalue weighted by Crippen LogP contribution is -2.19. The quantitative estimate of drug-likeness (QED) is 0.877. The van der Waals surface area contributed by atoms with Crippen molar-refractivity contribution in [2.75, 3.05) is 5.32 Å². The van der Waals surface area contributed by atoms with Crippen molar-refractivity contribution >= 4 is 27.2 Å². The maximum absolute atomic E-state index is 11.6. The number of primary sulfonamides is 1. The Labute approximate surface area is 127 Å². The van der Waals surface area contributed by atoms with Crippen molar-refractivity contribution in [2.24, 2.45) is 11.1 Å². The number of aromatic nitrogens is 2. The summed E-state index contributed by atoms with van der Waals surface area (Å²) in [5.74, 6) is 0.760. The molecule has 0 radical (unpaired) electrons. The van der Waals surface area contributed by atoms with Gasteiger partial charge in [-0.25, -0.2) is 23.5 Å². The minimum Gasteiger partial charge on any atom is -0.359 e. The summed E-state index contributed by atoms with van der Waals surface area (Å²) in [5, 5.41) is 11.4. The highest BCUT2D eigenvalue weighted by atomic mass is 32.2. The van der Waals surface area contributed by atoms with Gasteiger partial charge < -0.3 is 5.32 Å². The molecule has 1 atom stereocenters. The van der Waals surface area contributed by atoms with Crippen molar-refractivity contribution in [3.05, 3.63) is 34.4 Å². The van der Waals surface area contributed by atoms with Crippen LogP contribution in [0.4, 0.5) is 5.82 Å². The van der Waals surface area contributed by atoms with Gasteiger partial charge in [-0.3, -0.25) is 0 Å². The number of aryl methyl sites for hydroxylation is 1. The molecule has 1 aliphatic rings. The number of nitrogens with two attached hydrogens (primary N) is 1. The average Bonchev–Trinajstić information content (AvgIpc) is 3.17. The molecular formula is C13H16N4O2S2. The molecule has 0 aliphatic heterocycles. The van der Waals surface area contributed by atoms with E-state index in [4.69, 9.17) is 5.14 Å². The van der Waals surface area contributed by atoms with Gasteiger partial charge in [-0.15, -0.1) is 11.3 Å². The normalized spacial score (nSPS) is 16.7. The summed E-state index contributed by atoms with van der Waals surface area (Å²) in [6.45, 7) is 1.94. The molecular weight excluding hydrogens is 308 g/mol. The van der Waals surface area contributed by atoms with Crippen LogP contribution in [0.15, 0.2) is 28.6 Å². The number of thiazole rings is 1. The smallest absolute Gasteiger partial charge is 0.241 e. The van der Waals surface area contributed by atoms with E-state index in [0.29, 0.717) is 11.7 Å². The number of sulfonamides is 1. The standard InChI is InChI=1S/C13H16N4O2S2/c1-8-7-20-13(16-8)11(9-4-5-9)17-12-10(21(14,18)19)3-2-6-15-12/h2-3,6-7,9,11H,4-5H2,1H3,(H,15,17)(H2,14,18,19). The van der Waals surface area contributed by atoms with Crippen LogP contribution in [0.5, 0.6) is 0 Å². The Kier molecular flexibility index (Phi) is 3.68. The average molecular weight is 324 g/mol. The lowest BCUT2D eigenvalue weighted by Gasteiger charge is -2.18. The van der Waals surface area contributed by atoms with E-state index < -0.39 is 10.0 Å². The predicted molar refractivity (Wildman–Crippen MR) is 81.5 cm³/mol. The van der Waals surface area contributed by atoms with Gasteiger partial charge in [-0.05, 0) is 37.8 Å². The first kappa shape index (κ1) is 14.4. The van der Waals surface area contributed by atoms with Crippen LogP contribution in [0.2, 0.25) is 0 Å². The second-order valence-corrected chi connectivity index (χ2v) is 7.60. The van der Waals surface area contributed by atoms with Crippen LogP contribution in [-0.4, -0.2) is 18.4 Å². The second kappa shape index (κ2) is 5.36. The predicted octanol–water partition coefficient (Wildman–Crippen LogP) is 2.06. The molecule has 1 saturated carbocycles. The maximum Gasteiger partial charge on any atom is 0.241 e. The molecule has 21 heavy (non-hydrogen) atoms. The van der Waals surface area contributed by atoms with Crippen LogP contribution in [0.1, 0.15) is 29.6 Å². The number of pyridine rings is 1. The number of hydrogen-bond acceptors (Lipinski definition) is 6. The molecule has 1 unspecified atom stereocenters. The van der Waals surface area contributed by atoms with Gasteiger partial charge in [0.25, 0.3) is 0 Å². The third-order valence-electron chi connectivity index (χ3n) is 3.37. The van der Waals surface area contributed by atoms with Gasteiger partial charge >= 0.3 is 0 Å². The van der Waals surface area contributed by atoms with Crippen molar-refractivity contribution in [1.82, 2.24) is 9.97 Å². The maximum atomic E-state index is 11.6. The molecule has 3 N–H and O–H groups in total. The number of nitrogens with zero attached hydrogens (tertiary/aromatic N) is 2. The summed E-state index contributed by atoms with van der Waals surface area (Å²) in [6.07, 6.45) is 3.76. The highest BCUT2D eigenvalue weighted by Gasteiger charge is 2.35. The second-order valence-electron chi connectivity index (χ2n) is 5.18. The molecule has 2 aromatic rings. The fraction of sp³-hybridized carbons (Fsp3) is 0.385. The Morgan fingerprint density at radius 2 is 2.24 bits per heavy atom. The number of hydrogen-bond donors (Lipinski definition) is 2. The third kappa shape index (κ3) is 3.22. The van der Waals surface area contributed by atoms with Crippen LogP contribution in [0.25, 0.3) is 0 Å². The van der Waals surface area contributed by atoms with E-state index in [1.807, 2.05) is 12.3 Å². The molecule has 8 heteroatoms. The van der Waals surface area contributed by atoms with Crippen LogP contribution < -0.4 is 10.5 Å². The minimum absolute atomic E-state index is 0.0147. The van der Waals surface area contributed by atoms with E-state index in [-0.39, 0.29) is 10.9 Å². The van der Waals surface area contributed by atoms with Crippen molar-refractivity contribution in [2.45, 2.75) is 30.7 Å². The number of anilines is 1. The minimum atomic E-state index is -3.80. The van der Waals surface area contributed by atoms with Gasteiger partial charge in [0, 0.05) is 17.3 Å². The molecule has 0 aromatic carbocycles. The number of rotatable bonds is 5. The van der Waals surface area contributed by atoms with Crippen molar-refractivity contribution < 1.29 is 8.42 Å². The summed E-state index contributed by atoms with van der Waals surface area (Å²) in [4.78, 5) is 8.66. The van der Waals surface area contributed by atoms with Crippen LogP contribution in [0.3, 0.4) is 0 Å². The van der Waals surface area contributed by atoms with Gasteiger partial charge in [-0.2, -0.15) is 0 Å². The van der Waals surface area contributed by atoms with Gasteiger partial charge in [-0.1, -0.05) is 0 Å². The summed E-state index contributed by atoms with van der Waals surface area (Å²) in [5.41, 5.74) is 0.968. The Morgan fingerprint density at radius 3 is 2.81 bits per heavy atom. The summed E-state index contributed by atoms with van der Waals surface area (Å²) in [7, 11) is -3.80. The lowest BCUT2D eigenvalue weighted by atomic mass is 10.2. The zero-order valence-electron chi connectivity index (χ0n) is 11.5. The largest absolute Gasteiger partial charge is 0.359 e. The Hall–Kier alpha value is -1.51. The Morgan fingerprint density at radius 1 is 1.48 bits per heavy atom. The fourth-order valence-corrected chi connectivity index (χ4v) is 3.79. The molecule has 0 saturated heterocycles.